The molecule has 110 valence electrons. The van der Waals surface area contributed by atoms with Gasteiger partial charge in [-0.3, -0.25) is 10.1 Å². The molecule has 2 aromatic carbocycles. The zero-order valence-electron chi connectivity index (χ0n) is 11.8. The Bertz CT molecular complexity index is 627. The first-order valence-corrected chi connectivity index (χ1v) is 6.75. The molecule has 0 amide bonds. The molecule has 0 heterocycles. The maximum Gasteiger partial charge on any atom is 0.269 e. The van der Waals surface area contributed by atoms with Crippen LogP contribution in [0.15, 0.2) is 42.5 Å². The third-order valence-corrected chi connectivity index (χ3v) is 3.35. The Morgan fingerprint density at radius 3 is 2.52 bits per heavy atom. The van der Waals surface area contributed by atoms with Gasteiger partial charge in [0, 0.05) is 18.7 Å². The summed E-state index contributed by atoms with van der Waals surface area (Å²) in [7, 11) is 0. The third-order valence-electron chi connectivity index (χ3n) is 3.35. The number of non-ortho nitro benzene ring substituents is 1. The van der Waals surface area contributed by atoms with Crippen LogP contribution in [0.5, 0.6) is 0 Å². The summed E-state index contributed by atoms with van der Waals surface area (Å²) < 4.78 is 13.0. The molecule has 0 aliphatic rings. The van der Waals surface area contributed by atoms with Gasteiger partial charge >= 0.3 is 0 Å². The molecule has 2 rings (SSSR count). The van der Waals surface area contributed by atoms with Crippen LogP contribution in [0.4, 0.5) is 10.1 Å². The van der Waals surface area contributed by atoms with Crippen molar-refractivity contribution in [1.82, 2.24) is 5.32 Å². The molecular weight excluding hydrogens is 271 g/mol. The van der Waals surface area contributed by atoms with E-state index in [-0.39, 0.29) is 11.5 Å². The number of hydrogen-bond acceptors (Lipinski definition) is 3. The van der Waals surface area contributed by atoms with Crippen molar-refractivity contribution in [2.45, 2.75) is 19.9 Å². The van der Waals surface area contributed by atoms with E-state index in [0.717, 1.165) is 29.7 Å². The van der Waals surface area contributed by atoms with Crippen LogP contribution in [-0.2, 0) is 13.0 Å². The largest absolute Gasteiger partial charge is 0.312 e. The molecule has 0 spiro atoms. The lowest BCUT2D eigenvalue weighted by molar-refractivity contribution is -0.384. The van der Waals surface area contributed by atoms with E-state index in [1.165, 1.54) is 24.3 Å². The van der Waals surface area contributed by atoms with Crippen molar-refractivity contribution < 1.29 is 9.31 Å². The van der Waals surface area contributed by atoms with Crippen molar-refractivity contribution in [3.8, 4) is 0 Å². The summed E-state index contributed by atoms with van der Waals surface area (Å²) in [5.41, 5.74) is 3.16. The van der Waals surface area contributed by atoms with Crippen LogP contribution in [0, 0.1) is 22.9 Å². The van der Waals surface area contributed by atoms with Gasteiger partial charge in [0.05, 0.1) is 4.92 Å². The second-order valence-corrected chi connectivity index (χ2v) is 4.92. The molecule has 2 aromatic rings. The third kappa shape index (κ3) is 4.36. The molecule has 0 atom stereocenters. The van der Waals surface area contributed by atoms with Gasteiger partial charge in [-0.05, 0) is 48.7 Å². The zero-order valence-corrected chi connectivity index (χ0v) is 11.8. The fraction of sp³-hybridized carbons (Fsp3) is 0.250. The second-order valence-electron chi connectivity index (χ2n) is 4.92. The molecule has 0 aliphatic heterocycles. The number of benzene rings is 2. The lowest BCUT2D eigenvalue weighted by atomic mass is 10.1. The summed E-state index contributed by atoms with van der Waals surface area (Å²) >= 11 is 0. The van der Waals surface area contributed by atoms with E-state index >= 15 is 0 Å². The van der Waals surface area contributed by atoms with E-state index < -0.39 is 4.92 Å². The molecule has 0 aromatic heterocycles. The minimum absolute atomic E-state index is 0.0979. The number of halogens is 1. The summed E-state index contributed by atoms with van der Waals surface area (Å²) in [5.74, 6) is -0.213. The van der Waals surface area contributed by atoms with Crippen molar-refractivity contribution in [2.24, 2.45) is 0 Å². The fourth-order valence-corrected chi connectivity index (χ4v) is 2.13. The minimum Gasteiger partial charge on any atom is -0.312 e. The van der Waals surface area contributed by atoms with Crippen molar-refractivity contribution in [1.29, 1.82) is 0 Å². The Morgan fingerprint density at radius 2 is 1.90 bits per heavy atom. The van der Waals surface area contributed by atoms with Gasteiger partial charge in [-0.2, -0.15) is 0 Å². The molecular formula is C16H17FN2O2. The first-order chi connectivity index (χ1) is 10.1. The van der Waals surface area contributed by atoms with E-state index in [2.05, 4.69) is 5.32 Å². The summed E-state index contributed by atoms with van der Waals surface area (Å²) in [4.78, 5) is 10.1. The monoisotopic (exact) mass is 288 g/mol. The fourth-order valence-electron chi connectivity index (χ4n) is 2.13. The molecule has 21 heavy (non-hydrogen) atoms. The van der Waals surface area contributed by atoms with E-state index in [1.807, 2.05) is 6.92 Å². The predicted molar refractivity (Wildman–Crippen MR) is 79.6 cm³/mol. The van der Waals surface area contributed by atoms with E-state index in [0.29, 0.717) is 6.54 Å². The lowest BCUT2D eigenvalue weighted by Crippen LogP contribution is -2.17. The molecule has 0 radical (unpaired) electrons. The highest BCUT2D eigenvalue weighted by Crippen LogP contribution is 2.12. The Kier molecular flexibility index (Phi) is 5.00. The molecule has 5 heteroatoms. The van der Waals surface area contributed by atoms with Crippen LogP contribution in [-0.4, -0.2) is 11.5 Å². The molecule has 4 nitrogen and oxygen atoms in total. The van der Waals surface area contributed by atoms with Gasteiger partial charge in [-0.25, -0.2) is 4.39 Å². The maximum absolute atomic E-state index is 13.0. The summed E-state index contributed by atoms with van der Waals surface area (Å²) in [6, 6.07) is 11.3. The van der Waals surface area contributed by atoms with Crippen LogP contribution in [0.1, 0.15) is 16.7 Å². The van der Waals surface area contributed by atoms with Crippen molar-refractivity contribution in [3.05, 3.63) is 75.1 Å². The Hall–Kier alpha value is -2.27. The highest BCUT2D eigenvalue weighted by molar-refractivity contribution is 5.32. The number of nitrogens with zero attached hydrogens (tertiary/aromatic N) is 1. The average Bonchev–Trinajstić information content (AvgIpc) is 2.46. The molecule has 0 saturated carbocycles. The standard InChI is InChI=1S/C16H17FN2O2/c1-12-10-15(17)5-4-14(12)8-9-18-11-13-2-6-16(7-3-13)19(20)21/h2-7,10,18H,8-9,11H2,1H3. The van der Waals surface area contributed by atoms with Crippen LogP contribution >= 0.6 is 0 Å². The molecule has 0 fully saturated rings. The molecule has 0 unspecified atom stereocenters. The number of aryl methyl sites for hydroxylation is 1. The van der Waals surface area contributed by atoms with Gasteiger partial charge in [0.2, 0.25) is 0 Å². The van der Waals surface area contributed by atoms with E-state index in [9.17, 15) is 14.5 Å². The lowest BCUT2D eigenvalue weighted by Gasteiger charge is -2.07. The van der Waals surface area contributed by atoms with Crippen molar-refractivity contribution in [2.75, 3.05) is 6.54 Å². The highest BCUT2D eigenvalue weighted by atomic mass is 19.1. The van der Waals surface area contributed by atoms with Gasteiger partial charge in [-0.15, -0.1) is 0 Å². The van der Waals surface area contributed by atoms with Crippen LogP contribution in [0.2, 0.25) is 0 Å². The number of nitro benzene ring substituents is 1. The molecule has 0 aliphatic carbocycles. The van der Waals surface area contributed by atoms with Gasteiger partial charge < -0.3 is 5.32 Å². The quantitative estimate of drug-likeness (QED) is 0.503. The minimum atomic E-state index is -0.408. The molecule has 0 saturated heterocycles. The zero-order chi connectivity index (χ0) is 15.2. The maximum atomic E-state index is 13.0. The van der Waals surface area contributed by atoms with Gasteiger partial charge in [0.1, 0.15) is 5.82 Å². The summed E-state index contributed by atoms with van der Waals surface area (Å²) in [6.45, 7) is 3.32. The Morgan fingerprint density at radius 1 is 1.19 bits per heavy atom. The van der Waals surface area contributed by atoms with E-state index in [4.69, 9.17) is 0 Å². The molecule has 0 bridgehead atoms. The number of rotatable bonds is 6. The van der Waals surface area contributed by atoms with Crippen molar-refractivity contribution >= 4 is 5.69 Å². The smallest absolute Gasteiger partial charge is 0.269 e. The predicted octanol–water partition coefficient (Wildman–Crippen LogP) is 3.37. The molecule has 1 N–H and O–H groups in total. The number of nitrogens with one attached hydrogen (secondary N) is 1. The Labute approximate surface area is 122 Å². The average molecular weight is 288 g/mol. The second kappa shape index (κ2) is 6.95. The Balaban J connectivity index is 1.80. The van der Waals surface area contributed by atoms with Crippen LogP contribution < -0.4 is 5.32 Å². The summed E-state index contributed by atoms with van der Waals surface area (Å²) in [5, 5.41) is 13.8. The van der Waals surface area contributed by atoms with Gasteiger partial charge in [0.15, 0.2) is 0 Å². The van der Waals surface area contributed by atoms with Crippen LogP contribution in [0.25, 0.3) is 0 Å². The topological polar surface area (TPSA) is 55.2 Å². The first kappa shape index (κ1) is 15.1. The van der Waals surface area contributed by atoms with Gasteiger partial charge in [0.25, 0.3) is 5.69 Å². The van der Waals surface area contributed by atoms with E-state index in [1.54, 1.807) is 18.2 Å². The van der Waals surface area contributed by atoms with Crippen LogP contribution in [0.3, 0.4) is 0 Å². The SMILES string of the molecule is Cc1cc(F)ccc1CCNCc1ccc([N+](=O)[O-])cc1. The first-order valence-electron chi connectivity index (χ1n) is 6.75. The highest BCUT2D eigenvalue weighted by Gasteiger charge is 2.04. The normalized spacial score (nSPS) is 10.6. The van der Waals surface area contributed by atoms with Gasteiger partial charge in [-0.1, -0.05) is 18.2 Å². The van der Waals surface area contributed by atoms with Crippen molar-refractivity contribution in [3.63, 3.8) is 0 Å². The number of nitro groups is 1. The number of hydrogen-bond donors (Lipinski definition) is 1. The summed E-state index contributed by atoms with van der Waals surface area (Å²) in [6.07, 6.45) is 0.819.